The molecule has 0 bridgehead atoms. The zero-order valence-electron chi connectivity index (χ0n) is 10.1. The number of benzene rings is 1. The van der Waals surface area contributed by atoms with Crippen LogP contribution < -0.4 is 11.1 Å². The Morgan fingerprint density at radius 2 is 2.00 bits per heavy atom. The van der Waals surface area contributed by atoms with Crippen molar-refractivity contribution in [2.75, 3.05) is 13.1 Å². The van der Waals surface area contributed by atoms with Gasteiger partial charge in [0.25, 0.3) is 5.91 Å². The van der Waals surface area contributed by atoms with E-state index in [-0.39, 0.29) is 5.56 Å². The van der Waals surface area contributed by atoms with Crippen LogP contribution in [0.3, 0.4) is 0 Å². The quantitative estimate of drug-likeness (QED) is 0.746. The van der Waals surface area contributed by atoms with E-state index in [1.54, 1.807) is 18.2 Å². The minimum Gasteiger partial charge on any atom is -0.382 e. The van der Waals surface area contributed by atoms with Crippen LogP contribution in [-0.2, 0) is 6.42 Å². The van der Waals surface area contributed by atoms with E-state index in [4.69, 9.17) is 10.8 Å². The second kappa shape index (κ2) is 6.53. The monoisotopic (exact) mass is 276 g/mol. The number of aliphatic hydroxyl groups excluding tert-OH is 1. The maximum atomic E-state index is 12.1. The number of hydrogen-bond acceptors (Lipinski definition) is 3. The van der Waals surface area contributed by atoms with Crippen LogP contribution in [0.15, 0.2) is 24.3 Å². The fourth-order valence-corrected chi connectivity index (χ4v) is 1.52. The Morgan fingerprint density at radius 3 is 2.58 bits per heavy atom. The lowest BCUT2D eigenvalue weighted by Crippen LogP contribution is -2.40. The molecule has 0 saturated carbocycles. The van der Waals surface area contributed by atoms with Crippen LogP contribution in [0.25, 0.3) is 0 Å². The standard InChI is InChI=1S/C12H15F3N2O2/c13-12(14,15)10(18)7-17-11(19)9-4-2-1-3-8(9)5-6-16/h1-4,10,18H,5-7,16H2,(H,17,19). The van der Waals surface area contributed by atoms with E-state index in [0.717, 1.165) is 0 Å². The fraction of sp³-hybridized carbons (Fsp3) is 0.417. The number of aliphatic hydroxyl groups is 1. The largest absolute Gasteiger partial charge is 0.416 e. The van der Waals surface area contributed by atoms with Gasteiger partial charge in [-0.1, -0.05) is 18.2 Å². The molecule has 0 aliphatic carbocycles. The summed E-state index contributed by atoms with van der Waals surface area (Å²) in [6, 6.07) is 6.50. The first-order valence-electron chi connectivity index (χ1n) is 5.67. The lowest BCUT2D eigenvalue weighted by molar-refractivity contribution is -0.201. The third-order valence-electron chi connectivity index (χ3n) is 2.51. The number of carbonyl (C=O) groups excluding carboxylic acids is 1. The summed E-state index contributed by atoms with van der Waals surface area (Å²) in [5.74, 6) is -0.660. The minimum atomic E-state index is -4.75. The van der Waals surface area contributed by atoms with Crippen molar-refractivity contribution in [3.63, 3.8) is 0 Å². The lowest BCUT2D eigenvalue weighted by atomic mass is 10.0. The molecule has 0 saturated heterocycles. The van der Waals surface area contributed by atoms with Crippen LogP contribution in [0.1, 0.15) is 15.9 Å². The molecule has 1 rings (SSSR count). The van der Waals surface area contributed by atoms with E-state index < -0.39 is 24.7 Å². The summed E-state index contributed by atoms with van der Waals surface area (Å²) in [4.78, 5) is 11.7. The fourth-order valence-electron chi connectivity index (χ4n) is 1.52. The van der Waals surface area contributed by atoms with Gasteiger partial charge in [-0.2, -0.15) is 13.2 Å². The van der Waals surface area contributed by atoms with Crippen LogP contribution in [-0.4, -0.2) is 36.4 Å². The molecule has 4 N–H and O–H groups in total. The van der Waals surface area contributed by atoms with Gasteiger partial charge in [-0.15, -0.1) is 0 Å². The second-order valence-corrected chi connectivity index (χ2v) is 3.96. The van der Waals surface area contributed by atoms with Gasteiger partial charge in [-0.3, -0.25) is 4.79 Å². The highest BCUT2D eigenvalue weighted by Gasteiger charge is 2.38. The summed E-state index contributed by atoms with van der Waals surface area (Å²) in [5, 5.41) is 10.8. The second-order valence-electron chi connectivity index (χ2n) is 3.96. The van der Waals surface area contributed by atoms with Crippen molar-refractivity contribution < 1.29 is 23.1 Å². The molecule has 1 unspecified atom stereocenters. The molecule has 0 heterocycles. The number of nitrogens with one attached hydrogen (secondary N) is 1. The summed E-state index contributed by atoms with van der Waals surface area (Å²) in [6.07, 6.45) is -6.87. The highest BCUT2D eigenvalue weighted by atomic mass is 19.4. The molecule has 4 nitrogen and oxygen atoms in total. The molecule has 1 amide bonds. The minimum absolute atomic E-state index is 0.266. The van der Waals surface area contributed by atoms with Gasteiger partial charge in [-0.05, 0) is 24.6 Å². The molecule has 1 atom stereocenters. The van der Waals surface area contributed by atoms with Crippen molar-refractivity contribution in [3.05, 3.63) is 35.4 Å². The van der Waals surface area contributed by atoms with Crippen molar-refractivity contribution in [2.24, 2.45) is 5.73 Å². The summed E-state index contributed by atoms with van der Waals surface area (Å²) >= 11 is 0. The van der Waals surface area contributed by atoms with Crippen molar-refractivity contribution in [3.8, 4) is 0 Å². The molecule has 1 aromatic rings. The number of hydrogen-bond donors (Lipinski definition) is 3. The molecule has 19 heavy (non-hydrogen) atoms. The predicted molar refractivity (Wildman–Crippen MR) is 63.6 cm³/mol. The normalized spacial score (nSPS) is 13.1. The zero-order chi connectivity index (χ0) is 14.5. The van der Waals surface area contributed by atoms with Crippen LogP contribution in [0.2, 0.25) is 0 Å². The molecule has 0 spiro atoms. The Morgan fingerprint density at radius 1 is 1.37 bits per heavy atom. The number of alkyl halides is 3. The van der Waals surface area contributed by atoms with E-state index in [2.05, 4.69) is 5.32 Å². The highest BCUT2D eigenvalue weighted by Crippen LogP contribution is 2.19. The first-order chi connectivity index (χ1) is 8.86. The molecule has 0 aliphatic rings. The maximum Gasteiger partial charge on any atom is 0.416 e. The SMILES string of the molecule is NCCc1ccccc1C(=O)NCC(O)C(F)(F)F. The average molecular weight is 276 g/mol. The molecular formula is C12H15F3N2O2. The third-order valence-corrected chi connectivity index (χ3v) is 2.51. The van der Waals surface area contributed by atoms with E-state index in [1.807, 2.05) is 0 Å². The lowest BCUT2D eigenvalue weighted by Gasteiger charge is -2.15. The Balaban J connectivity index is 2.69. The van der Waals surface area contributed by atoms with Crippen molar-refractivity contribution >= 4 is 5.91 Å². The van der Waals surface area contributed by atoms with E-state index in [1.165, 1.54) is 6.07 Å². The van der Waals surface area contributed by atoms with E-state index in [0.29, 0.717) is 18.5 Å². The Hall–Kier alpha value is -1.60. The van der Waals surface area contributed by atoms with Gasteiger partial charge in [0.05, 0.1) is 6.54 Å². The molecule has 106 valence electrons. The van der Waals surface area contributed by atoms with Gasteiger partial charge < -0.3 is 16.2 Å². The highest BCUT2D eigenvalue weighted by molar-refractivity contribution is 5.95. The number of rotatable bonds is 5. The summed E-state index contributed by atoms with van der Waals surface area (Å²) < 4.78 is 36.3. The van der Waals surface area contributed by atoms with E-state index >= 15 is 0 Å². The Bertz CT molecular complexity index is 435. The molecule has 0 fully saturated rings. The van der Waals surface area contributed by atoms with Gasteiger partial charge in [-0.25, -0.2) is 0 Å². The summed E-state index contributed by atoms with van der Waals surface area (Å²) in [7, 11) is 0. The van der Waals surface area contributed by atoms with Crippen molar-refractivity contribution in [1.82, 2.24) is 5.32 Å². The van der Waals surface area contributed by atoms with Crippen LogP contribution in [0.5, 0.6) is 0 Å². The molecular weight excluding hydrogens is 261 g/mol. The van der Waals surface area contributed by atoms with E-state index in [9.17, 15) is 18.0 Å². The number of nitrogens with two attached hydrogens (primary N) is 1. The average Bonchev–Trinajstić information content (AvgIpc) is 2.35. The van der Waals surface area contributed by atoms with Gasteiger partial charge in [0.2, 0.25) is 0 Å². The maximum absolute atomic E-state index is 12.1. The predicted octanol–water partition coefficient (Wildman–Crippen LogP) is 0.841. The summed E-state index contributed by atoms with van der Waals surface area (Å²) in [5.41, 5.74) is 6.31. The van der Waals surface area contributed by atoms with Crippen LogP contribution in [0, 0.1) is 0 Å². The molecule has 0 radical (unpaired) electrons. The Kier molecular flexibility index (Phi) is 5.31. The zero-order valence-corrected chi connectivity index (χ0v) is 10.1. The molecule has 1 aromatic carbocycles. The smallest absolute Gasteiger partial charge is 0.382 e. The molecule has 7 heteroatoms. The first-order valence-corrected chi connectivity index (χ1v) is 5.67. The summed E-state index contributed by atoms with van der Waals surface area (Å²) in [6.45, 7) is -0.547. The van der Waals surface area contributed by atoms with Crippen molar-refractivity contribution in [1.29, 1.82) is 0 Å². The molecule has 0 aliphatic heterocycles. The third kappa shape index (κ3) is 4.53. The van der Waals surface area contributed by atoms with Crippen LogP contribution >= 0.6 is 0 Å². The Labute approximate surface area is 108 Å². The number of carbonyl (C=O) groups is 1. The first kappa shape index (κ1) is 15.5. The molecule has 0 aromatic heterocycles. The van der Waals surface area contributed by atoms with Gasteiger partial charge >= 0.3 is 6.18 Å². The van der Waals surface area contributed by atoms with Gasteiger partial charge in [0.15, 0.2) is 6.10 Å². The van der Waals surface area contributed by atoms with Crippen molar-refractivity contribution in [2.45, 2.75) is 18.7 Å². The number of amides is 1. The van der Waals surface area contributed by atoms with Crippen LogP contribution in [0.4, 0.5) is 13.2 Å². The number of halogens is 3. The van der Waals surface area contributed by atoms with Gasteiger partial charge in [0, 0.05) is 5.56 Å². The van der Waals surface area contributed by atoms with Gasteiger partial charge in [0.1, 0.15) is 0 Å². The topological polar surface area (TPSA) is 75.4 Å².